The first-order chi connectivity index (χ1) is 15.9. The number of anilines is 1. The van der Waals surface area contributed by atoms with Gasteiger partial charge in [-0.15, -0.1) is 0 Å². The molecule has 0 spiro atoms. The van der Waals surface area contributed by atoms with Gasteiger partial charge < -0.3 is 0 Å². The lowest BCUT2D eigenvalue weighted by Crippen LogP contribution is -2.47. The molecule has 0 amide bonds. The number of benzene rings is 3. The summed E-state index contributed by atoms with van der Waals surface area (Å²) in [7, 11) is -3.74. The second-order valence-corrected chi connectivity index (χ2v) is 10.2. The van der Waals surface area contributed by atoms with Crippen LogP contribution >= 0.6 is 0 Å². The summed E-state index contributed by atoms with van der Waals surface area (Å²) < 4.78 is 28.9. The van der Waals surface area contributed by atoms with E-state index in [0.717, 1.165) is 5.56 Å². The van der Waals surface area contributed by atoms with Crippen LogP contribution in [0.15, 0.2) is 83.8 Å². The van der Waals surface area contributed by atoms with Crippen molar-refractivity contribution in [1.82, 2.24) is 4.90 Å². The minimum absolute atomic E-state index is 0.118. The van der Waals surface area contributed by atoms with E-state index in [2.05, 4.69) is 4.90 Å². The van der Waals surface area contributed by atoms with Crippen LogP contribution < -0.4 is 4.31 Å². The topological polar surface area (TPSA) is 83.8 Å². The Kier molecular flexibility index (Phi) is 6.76. The number of aryl methyl sites for hydroxylation is 1. The molecule has 0 saturated carbocycles. The molecule has 1 fully saturated rings. The minimum Gasteiger partial charge on any atom is -0.299 e. The van der Waals surface area contributed by atoms with Crippen molar-refractivity contribution in [3.8, 4) is 0 Å². The van der Waals surface area contributed by atoms with Gasteiger partial charge in [-0.1, -0.05) is 54.1 Å². The van der Waals surface area contributed by atoms with E-state index in [1.807, 2.05) is 49.4 Å². The maximum absolute atomic E-state index is 13.7. The number of likely N-dealkylation sites (tertiary alicyclic amines) is 1. The lowest BCUT2D eigenvalue weighted by Gasteiger charge is -2.39. The molecule has 0 radical (unpaired) electrons. The van der Waals surface area contributed by atoms with Gasteiger partial charge >= 0.3 is 0 Å². The Morgan fingerprint density at radius 2 is 1.55 bits per heavy atom. The van der Waals surface area contributed by atoms with Crippen molar-refractivity contribution in [3.05, 3.63) is 100 Å². The molecule has 33 heavy (non-hydrogen) atoms. The third kappa shape index (κ3) is 5.07. The Morgan fingerprint density at radius 3 is 2.18 bits per heavy atom. The van der Waals surface area contributed by atoms with Gasteiger partial charge in [0, 0.05) is 37.3 Å². The van der Waals surface area contributed by atoms with Crippen molar-refractivity contribution in [2.24, 2.45) is 0 Å². The summed E-state index contributed by atoms with van der Waals surface area (Å²) >= 11 is 0. The van der Waals surface area contributed by atoms with E-state index < -0.39 is 10.0 Å². The maximum atomic E-state index is 13.7. The molecule has 0 atom stereocenters. The highest BCUT2D eigenvalue weighted by Gasteiger charge is 2.34. The van der Waals surface area contributed by atoms with Crippen molar-refractivity contribution in [2.75, 3.05) is 17.4 Å². The van der Waals surface area contributed by atoms with Gasteiger partial charge in [0.1, 0.15) is 0 Å². The minimum atomic E-state index is -3.74. The molecular weight excluding hydrogens is 438 g/mol. The first-order valence-corrected chi connectivity index (χ1v) is 12.4. The summed E-state index contributed by atoms with van der Waals surface area (Å²) in [6, 6.07) is 22.7. The number of nitrogens with zero attached hydrogens (tertiary/aromatic N) is 3. The van der Waals surface area contributed by atoms with Crippen LogP contribution in [0, 0.1) is 17.0 Å². The molecule has 8 heteroatoms. The van der Waals surface area contributed by atoms with E-state index in [1.54, 1.807) is 34.6 Å². The quantitative estimate of drug-likeness (QED) is 0.371. The molecule has 0 unspecified atom stereocenters. The predicted octanol–water partition coefficient (Wildman–Crippen LogP) is 4.76. The van der Waals surface area contributed by atoms with E-state index in [0.29, 0.717) is 43.7 Å². The van der Waals surface area contributed by atoms with Gasteiger partial charge in [-0.25, -0.2) is 8.42 Å². The van der Waals surface area contributed by atoms with Crippen LogP contribution in [0.25, 0.3) is 0 Å². The van der Waals surface area contributed by atoms with Crippen LogP contribution in [0.5, 0.6) is 0 Å². The highest BCUT2D eigenvalue weighted by atomic mass is 32.2. The third-order valence-electron chi connectivity index (χ3n) is 6.06. The summed E-state index contributed by atoms with van der Waals surface area (Å²) in [4.78, 5) is 13.4. The van der Waals surface area contributed by atoms with Gasteiger partial charge in [0.25, 0.3) is 15.7 Å². The van der Waals surface area contributed by atoms with Gasteiger partial charge in [-0.05, 0) is 44.0 Å². The summed E-state index contributed by atoms with van der Waals surface area (Å²) in [6.07, 6.45) is 1.28. The number of sulfonamides is 1. The SMILES string of the molecule is Cc1ccc(S(=O)(=O)N(c2ccccc2)C2CCN(Cc3ccccc3[N+](=O)[O-])CC2)cc1. The maximum Gasteiger partial charge on any atom is 0.273 e. The fraction of sp³-hybridized carbons (Fsp3) is 0.280. The molecule has 7 nitrogen and oxygen atoms in total. The lowest BCUT2D eigenvalue weighted by molar-refractivity contribution is -0.385. The molecule has 0 aliphatic carbocycles. The molecule has 1 aliphatic heterocycles. The van der Waals surface area contributed by atoms with Gasteiger partial charge in [0.05, 0.1) is 15.5 Å². The molecule has 172 valence electrons. The molecule has 3 aromatic rings. The zero-order valence-corrected chi connectivity index (χ0v) is 19.3. The summed E-state index contributed by atoms with van der Waals surface area (Å²) in [5, 5.41) is 11.3. The van der Waals surface area contributed by atoms with Crippen molar-refractivity contribution in [2.45, 2.75) is 37.2 Å². The average Bonchev–Trinajstić information content (AvgIpc) is 2.81. The molecule has 1 aliphatic rings. The first-order valence-electron chi connectivity index (χ1n) is 11.0. The van der Waals surface area contributed by atoms with Crippen LogP contribution in [-0.4, -0.2) is 37.4 Å². The molecule has 1 heterocycles. The van der Waals surface area contributed by atoms with Crippen molar-refractivity contribution in [1.29, 1.82) is 0 Å². The summed E-state index contributed by atoms with van der Waals surface area (Å²) in [6.45, 7) is 3.71. The molecule has 0 bridgehead atoms. The predicted molar refractivity (Wildman–Crippen MR) is 129 cm³/mol. The molecule has 4 rings (SSSR count). The van der Waals surface area contributed by atoms with Crippen LogP contribution in [0.3, 0.4) is 0 Å². The van der Waals surface area contributed by atoms with Gasteiger partial charge in [-0.3, -0.25) is 19.3 Å². The van der Waals surface area contributed by atoms with Crippen LogP contribution in [0.2, 0.25) is 0 Å². The number of hydrogen-bond donors (Lipinski definition) is 0. The average molecular weight is 466 g/mol. The largest absolute Gasteiger partial charge is 0.299 e. The van der Waals surface area contributed by atoms with Crippen molar-refractivity contribution in [3.63, 3.8) is 0 Å². The molecule has 0 aromatic heterocycles. The van der Waals surface area contributed by atoms with E-state index in [9.17, 15) is 18.5 Å². The Balaban J connectivity index is 1.56. The van der Waals surface area contributed by atoms with Crippen molar-refractivity contribution < 1.29 is 13.3 Å². The summed E-state index contributed by atoms with van der Waals surface area (Å²) in [5.41, 5.74) is 2.44. The lowest BCUT2D eigenvalue weighted by atomic mass is 10.0. The zero-order chi connectivity index (χ0) is 23.4. The fourth-order valence-corrected chi connectivity index (χ4v) is 6.03. The normalized spacial score (nSPS) is 15.3. The van der Waals surface area contributed by atoms with E-state index in [-0.39, 0.29) is 21.5 Å². The Labute approximate surface area is 194 Å². The van der Waals surface area contributed by atoms with Crippen LogP contribution in [0.4, 0.5) is 11.4 Å². The molecular formula is C25H27N3O4S. The number of rotatable bonds is 7. The second-order valence-electron chi connectivity index (χ2n) is 8.34. The van der Waals surface area contributed by atoms with Crippen LogP contribution in [0.1, 0.15) is 24.0 Å². The third-order valence-corrected chi connectivity index (χ3v) is 7.95. The molecule has 0 N–H and O–H groups in total. The monoisotopic (exact) mass is 465 g/mol. The summed E-state index contributed by atoms with van der Waals surface area (Å²) in [5.74, 6) is 0. The first kappa shape index (κ1) is 22.9. The van der Waals surface area contributed by atoms with E-state index in [1.165, 1.54) is 6.07 Å². The number of piperidine rings is 1. The van der Waals surface area contributed by atoms with Gasteiger partial charge in [-0.2, -0.15) is 0 Å². The zero-order valence-electron chi connectivity index (χ0n) is 18.5. The Bertz CT molecular complexity index is 1210. The van der Waals surface area contributed by atoms with Crippen molar-refractivity contribution >= 4 is 21.4 Å². The number of nitro benzene ring substituents is 1. The Hall–Kier alpha value is -3.23. The Morgan fingerprint density at radius 1 is 0.939 bits per heavy atom. The smallest absolute Gasteiger partial charge is 0.273 e. The number of hydrogen-bond acceptors (Lipinski definition) is 5. The van der Waals surface area contributed by atoms with E-state index >= 15 is 0 Å². The standard InChI is InChI=1S/C25H27N3O4S/c1-20-11-13-24(14-12-20)33(31,32)27(22-8-3-2-4-9-22)23-15-17-26(18-16-23)19-21-7-5-6-10-25(21)28(29)30/h2-14,23H,15-19H2,1H3. The number of nitro groups is 1. The van der Waals surface area contributed by atoms with Gasteiger partial charge in [0.15, 0.2) is 0 Å². The number of para-hydroxylation sites is 2. The van der Waals surface area contributed by atoms with E-state index in [4.69, 9.17) is 0 Å². The highest BCUT2D eigenvalue weighted by molar-refractivity contribution is 7.92. The fourth-order valence-electron chi connectivity index (χ4n) is 4.32. The highest BCUT2D eigenvalue weighted by Crippen LogP contribution is 2.31. The molecule has 1 saturated heterocycles. The molecule has 3 aromatic carbocycles. The second kappa shape index (κ2) is 9.72. The van der Waals surface area contributed by atoms with Crippen LogP contribution in [-0.2, 0) is 16.6 Å². The van der Waals surface area contributed by atoms with Gasteiger partial charge in [0.2, 0.25) is 0 Å².